The first-order chi connectivity index (χ1) is 10.0. The molecule has 2 unspecified atom stereocenters. The number of rotatable bonds is 3. The Hall–Kier alpha value is -1.33. The molecule has 0 amide bonds. The van der Waals surface area contributed by atoms with Gasteiger partial charge in [0.25, 0.3) is 0 Å². The predicted molar refractivity (Wildman–Crippen MR) is 80.9 cm³/mol. The molecule has 4 nitrogen and oxygen atoms in total. The van der Waals surface area contributed by atoms with E-state index >= 15 is 0 Å². The van der Waals surface area contributed by atoms with Crippen LogP contribution in [0.25, 0.3) is 0 Å². The highest BCUT2D eigenvalue weighted by atomic mass is 35.5. The van der Waals surface area contributed by atoms with Crippen molar-refractivity contribution >= 4 is 17.6 Å². The van der Waals surface area contributed by atoms with E-state index in [1.165, 1.54) is 12.1 Å². The van der Waals surface area contributed by atoms with Gasteiger partial charge in [-0.2, -0.15) is 0 Å². The molecule has 1 aromatic carbocycles. The number of ether oxygens (including phenoxy) is 1. The average Bonchev–Trinajstić information content (AvgIpc) is 3.03. The Morgan fingerprint density at radius 3 is 3.05 bits per heavy atom. The number of nitrogens with zero attached hydrogens (tertiary/aromatic N) is 2. The Balaban J connectivity index is 1.90. The van der Waals surface area contributed by atoms with E-state index in [1.807, 2.05) is 11.8 Å². The second-order valence-corrected chi connectivity index (χ2v) is 6.23. The first kappa shape index (κ1) is 14.6. The van der Waals surface area contributed by atoms with Gasteiger partial charge in [-0.15, -0.1) is 0 Å². The fourth-order valence-electron chi connectivity index (χ4n) is 3.10. The van der Waals surface area contributed by atoms with Gasteiger partial charge in [-0.1, -0.05) is 17.7 Å². The molecule has 2 heterocycles. The molecule has 1 fully saturated rings. The maximum Gasteiger partial charge on any atom is 0.192 e. The summed E-state index contributed by atoms with van der Waals surface area (Å²) in [6, 6.07) is 4.47. The van der Waals surface area contributed by atoms with Crippen LogP contribution >= 0.6 is 11.6 Å². The van der Waals surface area contributed by atoms with Gasteiger partial charge in [0.2, 0.25) is 0 Å². The van der Waals surface area contributed by atoms with E-state index in [-0.39, 0.29) is 11.9 Å². The minimum Gasteiger partial charge on any atom is -0.376 e. The molecule has 114 valence electrons. The van der Waals surface area contributed by atoms with Crippen LogP contribution in [0.2, 0.25) is 5.02 Å². The van der Waals surface area contributed by atoms with Gasteiger partial charge in [-0.05, 0) is 37.5 Å². The zero-order valence-corrected chi connectivity index (χ0v) is 12.7. The van der Waals surface area contributed by atoms with Crippen molar-refractivity contribution in [3.8, 4) is 0 Å². The van der Waals surface area contributed by atoms with Gasteiger partial charge < -0.3 is 15.4 Å². The topological polar surface area (TPSA) is 50.8 Å². The van der Waals surface area contributed by atoms with Crippen molar-refractivity contribution < 1.29 is 9.13 Å². The molecule has 21 heavy (non-hydrogen) atoms. The highest BCUT2D eigenvalue weighted by Crippen LogP contribution is 2.37. The number of aliphatic imine (C=N–C) groups is 1. The monoisotopic (exact) mass is 311 g/mol. The molecular formula is C15H19ClFN3O. The van der Waals surface area contributed by atoms with Gasteiger partial charge in [0, 0.05) is 18.2 Å². The van der Waals surface area contributed by atoms with Crippen LogP contribution in [0.3, 0.4) is 0 Å². The Morgan fingerprint density at radius 1 is 1.57 bits per heavy atom. The molecule has 0 radical (unpaired) electrons. The van der Waals surface area contributed by atoms with Crippen LogP contribution in [0.4, 0.5) is 4.39 Å². The molecule has 2 aliphatic rings. The van der Waals surface area contributed by atoms with E-state index in [9.17, 15) is 4.39 Å². The minimum atomic E-state index is -0.458. The third-order valence-electron chi connectivity index (χ3n) is 4.34. The van der Waals surface area contributed by atoms with Crippen LogP contribution < -0.4 is 5.73 Å². The molecule has 2 atom stereocenters. The van der Waals surface area contributed by atoms with Crippen molar-refractivity contribution in [3.05, 3.63) is 34.6 Å². The molecule has 1 aromatic rings. The zero-order valence-electron chi connectivity index (χ0n) is 12.0. The summed E-state index contributed by atoms with van der Waals surface area (Å²) in [7, 11) is 0. The largest absolute Gasteiger partial charge is 0.376 e. The third-order valence-corrected chi connectivity index (χ3v) is 4.66. The highest BCUT2D eigenvalue weighted by Gasteiger charge is 2.42. The first-order valence-corrected chi connectivity index (χ1v) is 7.53. The molecule has 6 heteroatoms. The second kappa shape index (κ2) is 5.46. The van der Waals surface area contributed by atoms with Crippen molar-refractivity contribution in [2.45, 2.75) is 31.4 Å². The van der Waals surface area contributed by atoms with Gasteiger partial charge in [-0.25, -0.2) is 4.39 Å². The van der Waals surface area contributed by atoms with Crippen LogP contribution in [0.5, 0.6) is 0 Å². The Kier molecular flexibility index (Phi) is 3.80. The van der Waals surface area contributed by atoms with Crippen LogP contribution in [0, 0.1) is 5.82 Å². The highest BCUT2D eigenvalue weighted by molar-refractivity contribution is 6.31. The molecule has 1 saturated heterocycles. The normalized spacial score (nSPS) is 29.0. The summed E-state index contributed by atoms with van der Waals surface area (Å²) in [6.07, 6.45) is 2.26. The van der Waals surface area contributed by atoms with Crippen molar-refractivity contribution in [2.24, 2.45) is 10.7 Å². The summed E-state index contributed by atoms with van der Waals surface area (Å²) in [5.41, 5.74) is 6.44. The summed E-state index contributed by atoms with van der Waals surface area (Å²) < 4.78 is 19.0. The number of hydrogen-bond donors (Lipinski definition) is 1. The van der Waals surface area contributed by atoms with Crippen LogP contribution in [-0.2, 0) is 10.3 Å². The second-order valence-electron chi connectivity index (χ2n) is 5.82. The number of nitrogens with two attached hydrogens (primary N) is 1. The third kappa shape index (κ3) is 2.60. The lowest BCUT2D eigenvalue weighted by atomic mass is 9.90. The summed E-state index contributed by atoms with van der Waals surface area (Å²) in [6.45, 7) is 4.02. The fraction of sp³-hybridized carbons (Fsp3) is 0.533. The van der Waals surface area contributed by atoms with E-state index in [0.717, 1.165) is 25.0 Å². The van der Waals surface area contributed by atoms with E-state index in [1.54, 1.807) is 6.07 Å². The molecule has 0 spiro atoms. The van der Waals surface area contributed by atoms with Gasteiger partial charge in [0.1, 0.15) is 5.82 Å². The Bertz CT molecular complexity index is 574. The summed E-state index contributed by atoms with van der Waals surface area (Å²) in [5.74, 6) is 0.151. The van der Waals surface area contributed by atoms with E-state index in [2.05, 4.69) is 4.99 Å². The summed E-state index contributed by atoms with van der Waals surface area (Å²) >= 11 is 6.24. The molecule has 0 saturated carbocycles. The van der Waals surface area contributed by atoms with Crippen molar-refractivity contribution in [1.29, 1.82) is 0 Å². The Labute approximate surface area is 128 Å². The molecule has 0 aromatic heterocycles. The lowest BCUT2D eigenvalue weighted by molar-refractivity contribution is 0.0690. The van der Waals surface area contributed by atoms with Crippen LogP contribution in [0.15, 0.2) is 23.2 Å². The first-order valence-electron chi connectivity index (χ1n) is 7.15. The fourth-order valence-corrected chi connectivity index (χ4v) is 3.47. The van der Waals surface area contributed by atoms with E-state index in [0.29, 0.717) is 24.1 Å². The van der Waals surface area contributed by atoms with Gasteiger partial charge in [0.05, 0.1) is 18.2 Å². The van der Waals surface area contributed by atoms with Crippen molar-refractivity contribution in [1.82, 2.24) is 4.90 Å². The van der Waals surface area contributed by atoms with Gasteiger partial charge >= 0.3 is 0 Å². The predicted octanol–water partition coefficient (Wildman–Crippen LogP) is 2.50. The van der Waals surface area contributed by atoms with Crippen LogP contribution in [0.1, 0.15) is 25.3 Å². The van der Waals surface area contributed by atoms with Gasteiger partial charge in [0.15, 0.2) is 5.96 Å². The van der Waals surface area contributed by atoms with Crippen molar-refractivity contribution in [3.63, 3.8) is 0 Å². The average molecular weight is 312 g/mol. The standard InChI is InChI=1S/C15H19ClFN3O/c1-15(12-5-4-10(17)7-13(12)16)9-19-14(18)20(15)8-11-3-2-6-21-11/h4-5,7,11H,2-3,6,8-9H2,1H3,(H2,18,19). The SMILES string of the molecule is CC1(c2ccc(F)cc2Cl)CN=C(N)N1CC1CCCO1. The molecule has 3 rings (SSSR count). The molecular weight excluding hydrogens is 293 g/mol. The molecule has 0 bridgehead atoms. The minimum absolute atomic E-state index is 0.162. The number of guanidine groups is 1. The van der Waals surface area contributed by atoms with Gasteiger partial charge in [-0.3, -0.25) is 4.99 Å². The Morgan fingerprint density at radius 2 is 2.38 bits per heavy atom. The summed E-state index contributed by atoms with van der Waals surface area (Å²) in [4.78, 5) is 6.40. The lowest BCUT2D eigenvalue weighted by Crippen LogP contribution is -2.50. The molecule has 0 aliphatic carbocycles. The molecule has 2 N–H and O–H groups in total. The quantitative estimate of drug-likeness (QED) is 0.933. The van der Waals surface area contributed by atoms with E-state index in [4.69, 9.17) is 22.1 Å². The van der Waals surface area contributed by atoms with E-state index < -0.39 is 5.54 Å². The smallest absolute Gasteiger partial charge is 0.192 e. The summed E-state index contributed by atoms with van der Waals surface area (Å²) in [5, 5.41) is 0.403. The zero-order chi connectivity index (χ0) is 15.0. The van der Waals surface area contributed by atoms with Crippen molar-refractivity contribution in [2.75, 3.05) is 19.7 Å². The molecule has 2 aliphatic heterocycles. The number of halogens is 2. The maximum atomic E-state index is 13.3. The maximum absolute atomic E-state index is 13.3. The lowest BCUT2D eigenvalue weighted by Gasteiger charge is -2.38. The number of hydrogen-bond acceptors (Lipinski definition) is 4. The van der Waals surface area contributed by atoms with Crippen LogP contribution in [-0.4, -0.2) is 36.7 Å². The number of benzene rings is 1.